The summed E-state index contributed by atoms with van der Waals surface area (Å²) in [6.07, 6.45) is 6.09. The number of hydrogen-bond donors (Lipinski definition) is 2. The van der Waals surface area contributed by atoms with Gasteiger partial charge in [-0.3, -0.25) is 4.79 Å². The number of rotatable bonds is 6. The van der Waals surface area contributed by atoms with Crippen molar-refractivity contribution < 1.29 is 24.5 Å². The molecule has 1 aromatic carbocycles. The van der Waals surface area contributed by atoms with Crippen LogP contribution >= 0.6 is 0 Å². The third kappa shape index (κ3) is 5.46. The molecule has 0 radical (unpaired) electrons. The lowest BCUT2D eigenvalue weighted by Crippen LogP contribution is -2.24. The fourth-order valence-electron chi connectivity index (χ4n) is 4.41. The standard InChI is InChI=1S/C24H30O5/c1-29-23(27)18-10-8-17(9-11-18)6-2-3-7-19-20(22(26)16-21(19)25)12-15-24(28)13-4-5-14-24/h8-11,19-20,22,26,28H,2-7,13-14,16H2,1H3/t19-,20-,22-/m1/s1. The lowest BCUT2D eigenvalue weighted by Gasteiger charge is -2.18. The molecule has 2 aliphatic carbocycles. The maximum atomic E-state index is 12.3. The predicted octanol–water partition coefficient (Wildman–Crippen LogP) is 3.06. The highest BCUT2D eigenvalue weighted by Gasteiger charge is 2.40. The molecule has 0 unspecified atom stereocenters. The van der Waals surface area contributed by atoms with Gasteiger partial charge in [-0.15, -0.1) is 0 Å². The molecular weight excluding hydrogens is 368 g/mol. The van der Waals surface area contributed by atoms with E-state index in [2.05, 4.69) is 11.8 Å². The van der Waals surface area contributed by atoms with Crippen LogP contribution in [0.5, 0.6) is 0 Å². The van der Waals surface area contributed by atoms with Crippen LogP contribution in [0.2, 0.25) is 0 Å². The van der Waals surface area contributed by atoms with Crippen LogP contribution in [-0.2, 0) is 16.0 Å². The first kappa shape index (κ1) is 21.5. The maximum absolute atomic E-state index is 12.3. The first-order valence-corrected chi connectivity index (χ1v) is 10.5. The molecule has 3 rings (SSSR count). The van der Waals surface area contributed by atoms with E-state index in [1.54, 1.807) is 12.1 Å². The van der Waals surface area contributed by atoms with Crippen LogP contribution in [0.3, 0.4) is 0 Å². The minimum absolute atomic E-state index is 0.0812. The van der Waals surface area contributed by atoms with Crippen molar-refractivity contribution in [1.29, 1.82) is 0 Å². The molecule has 0 aliphatic heterocycles. The molecule has 29 heavy (non-hydrogen) atoms. The van der Waals surface area contributed by atoms with Crippen LogP contribution in [0.25, 0.3) is 0 Å². The Labute approximate surface area is 172 Å². The van der Waals surface area contributed by atoms with E-state index < -0.39 is 11.7 Å². The number of ketones is 1. The van der Waals surface area contributed by atoms with E-state index >= 15 is 0 Å². The molecule has 0 bridgehead atoms. The van der Waals surface area contributed by atoms with Gasteiger partial charge in [0.2, 0.25) is 0 Å². The Morgan fingerprint density at radius 1 is 1.21 bits per heavy atom. The van der Waals surface area contributed by atoms with Gasteiger partial charge in [-0.05, 0) is 62.6 Å². The highest BCUT2D eigenvalue weighted by molar-refractivity contribution is 5.89. The maximum Gasteiger partial charge on any atom is 0.337 e. The quantitative estimate of drug-likeness (QED) is 0.437. The molecule has 0 spiro atoms. The number of ether oxygens (including phenoxy) is 1. The number of aliphatic hydroxyl groups is 2. The number of hydrogen-bond acceptors (Lipinski definition) is 5. The molecule has 5 heteroatoms. The normalized spacial score (nSPS) is 25.5. The molecular formula is C24H30O5. The summed E-state index contributed by atoms with van der Waals surface area (Å²) in [7, 11) is 1.36. The first-order chi connectivity index (χ1) is 13.9. The highest BCUT2D eigenvalue weighted by atomic mass is 16.5. The van der Waals surface area contributed by atoms with Crippen molar-refractivity contribution >= 4 is 11.8 Å². The number of Topliss-reactive ketones (excluding diaryl/α,β-unsaturated/α-hetero) is 1. The van der Waals surface area contributed by atoms with E-state index in [1.165, 1.54) is 7.11 Å². The van der Waals surface area contributed by atoms with Crippen molar-refractivity contribution in [2.75, 3.05) is 7.11 Å². The summed E-state index contributed by atoms with van der Waals surface area (Å²) in [5.74, 6) is 5.16. The van der Waals surface area contributed by atoms with Crippen LogP contribution in [0, 0.1) is 23.7 Å². The Hall–Kier alpha value is -2.16. The topological polar surface area (TPSA) is 83.8 Å². The fraction of sp³-hybridized carbons (Fsp3) is 0.583. The largest absolute Gasteiger partial charge is 0.465 e. The zero-order valence-electron chi connectivity index (χ0n) is 17.0. The summed E-state index contributed by atoms with van der Waals surface area (Å²) in [6, 6.07) is 7.37. The van der Waals surface area contributed by atoms with Gasteiger partial charge in [0, 0.05) is 12.3 Å². The Kier molecular flexibility index (Phi) is 7.10. The van der Waals surface area contributed by atoms with E-state index in [1.807, 2.05) is 12.1 Å². The van der Waals surface area contributed by atoms with Crippen molar-refractivity contribution in [1.82, 2.24) is 0 Å². The molecule has 0 heterocycles. The molecule has 2 N–H and O–H groups in total. The van der Waals surface area contributed by atoms with E-state index in [0.29, 0.717) is 24.8 Å². The summed E-state index contributed by atoms with van der Waals surface area (Å²) in [4.78, 5) is 23.8. The molecule has 0 saturated heterocycles. The number of aryl methyl sites for hydroxylation is 1. The number of aliphatic hydroxyl groups excluding tert-OH is 1. The van der Waals surface area contributed by atoms with Gasteiger partial charge in [0.05, 0.1) is 24.7 Å². The van der Waals surface area contributed by atoms with E-state index in [4.69, 9.17) is 4.74 Å². The van der Waals surface area contributed by atoms with Crippen molar-refractivity contribution in [3.63, 3.8) is 0 Å². The average Bonchev–Trinajstić information content (AvgIpc) is 3.26. The summed E-state index contributed by atoms with van der Waals surface area (Å²) < 4.78 is 4.70. The van der Waals surface area contributed by atoms with Gasteiger partial charge in [0.25, 0.3) is 0 Å². The van der Waals surface area contributed by atoms with Crippen LogP contribution in [0.1, 0.15) is 67.3 Å². The monoisotopic (exact) mass is 398 g/mol. The van der Waals surface area contributed by atoms with Crippen LogP contribution in [-0.4, -0.2) is 40.8 Å². The van der Waals surface area contributed by atoms with Gasteiger partial charge in [-0.2, -0.15) is 0 Å². The second-order valence-corrected chi connectivity index (χ2v) is 8.31. The first-order valence-electron chi connectivity index (χ1n) is 10.5. The zero-order valence-corrected chi connectivity index (χ0v) is 17.0. The third-order valence-electron chi connectivity index (χ3n) is 6.18. The second-order valence-electron chi connectivity index (χ2n) is 8.31. The number of esters is 1. The molecule has 2 fully saturated rings. The van der Waals surface area contributed by atoms with Crippen LogP contribution < -0.4 is 0 Å². The Balaban J connectivity index is 1.51. The molecule has 0 amide bonds. The van der Waals surface area contributed by atoms with Gasteiger partial charge in [0.1, 0.15) is 11.4 Å². The highest BCUT2D eigenvalue weighted by Crippen LogP contribution is 2.34. The second kappa shape index (κ2) is 9.56. The summed E-state index contributed by atoms with van der Waals surface area (Å²) in [5, 5.41) is 20.7. The minimum atomic E-state index is -0.938. The number of carbonyl (C=O) groups is 2. The minimum Gasteiger partial charge on any atom is -0.465 e. The van der Waals surface area contributed by atoms with E-state index in [-0.39, 0.29) is 30.0 Å². The number of benzene rings is 1. The SMILES string of the molecule is COC(=O)c1ccc(CCCC[C@H]2C(=O)C[C@@H](O)[C@@H]2C#CC2(O)CCCC2)cc1. The van der Waals surface area contributed by atoms with E-state index in [0.717, 1.165) is 37.7 Å². The summed E-state index contributed by atoms with van der Waals surface area (Å²) >= 11 is 0. The van der Waals surface area contributed by atoms with Crippen molar-refractivity contribution in [2.45, 2.75) is 69.5 Å². The summed E-state index contributed by atoms with van der Waals surface area (Å²) in [5.41, 5.74) is 0.731. The Morgan fingerprint density at radius 3 is 2.55 bits per heavy atom. The van der Waals surface area contributed by atoms with Crippen LogP contribution in [0.4, 0.5) is 0 Å². The number of carbonyl (C=O) groups excluding carboxylic acids is 2. The fourth-order valence-corrected chi connectivity index (χ4v) is 4.41. The van der Waals surface area contributed by atoms with Crippen molar-refractivity contribution in [2.24, 2.45) is 11.8 Å². The molecule has 2 saturated carbocycles. The van der Waals surface area contributed by atoms with Crippen molar-refractivity contribution in [3.05, 3.63) is 35.4 Å². The zero-order chi connectivity index (χ0) is 20.9. The van der Waals surface area contributed by atoms with E-state index in [9.17, 15) is 19.8 Å². The number of unbranched alkanes of at least 4 members (excludes halogenated alkanes) is 1. The lowest BCUT2D eigenvalue weighted by atomic mass is 9.88. The summed E-state index contributed by atoms with van der Waals surface area (Å²) in [6.45, 7) is 0. The third-order valence-corrected chi connectivity index (χ3v) is 6.18. The molecule has 1 aromatic rings. The average molecular weight is 398 g/mol. The molecule has 2 aliphatic rings. The van der Waals surface area contributed by atoms with Gasteiger partial charge >= 0.3 is 5.97 Å². The number of methoxy groups -OCH3 is 1. The molecule has 0 aromatic heterocycles. The Bertz CT molecular complexity index is 780. The van der Waals surface area contributed by atoms with Gasteiger partial charge in [0.15, 0.2) is 0 Å². The molecule has 5 nitrogen and oxygen atoms in total. The molecule has 156 valence electrons. The van der Waals surface area contributed by atoms with Crippen LogP contribution in [0.15, 0.2) is 24.3 Å². The van der Waals surface area contributed by atoms with Gasteiger partial charge < -0.3 is 14.9 Å². The molecule has 3 atom stereocenters. The van der Waals surface area contributed by atoms with Crippen molar-refractivity contribution in [3.8, 4) is 11.8 Å². The van der Waals surface area contributed by atoms with Gasteiger partial charge in [-0.25, -0.2) is 4.79 Å². The predicted molar refractivity (Wildman–Crippen MR) is 109 cm³/mol. The van der Waals surface area contributed by atoms with Gasteiger partial charge in [-0.1, -0.05) is 30.4 Å². The smallest absolute Gasteiger partial charge is 0.337 e. The lowest BCUT2D eigenvalue weighted by molar-refractivity contribution is -0.121. The Morgan fingerprint density at radius 2 is 1.90 bits per heavy atom.